The van der Waals surface area contributed by atoms with Crippen LogP contribution >= 0.6 is 0 Å². The van der Waals surface area contributed by atoms with Crippen LogP contribution in [0.2, 0.25) is 0 Å². The second-order valence-electron chi connectivity index (χ2n) is 4.10. The number of methoxy groups -OCH3 is 2. The van der Waals surface area contributed by atoms with Gasteiger partial charge in [-0.1, -0.05) is 30.3 Å². The highest BCUT2D eigenvalue weighted by molar-refractivity contribution is 5.43. The smallest absolute Gasteiger partial charge is 0.160 e. The van der Waals surface area contributed by atoms with E-state index in [2.05, 4.69) is 18.2 Å². The molecule has 18 heavy (non-hydrogen) atoms. The van der Waals surface area contributed by atoms with E-state index in [-0.39, 0.29) is 0 Å². The first kappa shape index (κ1) is 12.5. The van der Waals surface area contributed by atoms with Gasteiger partial charge < -0.3 is 9.47 Å². The van der Waals surface area contributed by atoms with Gasteiger partial charge in [0.1, 0.15) is 0 Å². The molecule has 2 aromatic carbocycles. The molecule has 0 atom stereocenters. The van der Waals surface area contributed by atoms with Gasteiger partial charge >= 0.3 is 0 Å². The van der Waals surface area contributed by atoms with Crippen LogP contribution in [0.3, 0.4) is 0 Å². The number of ether oxygens (including phenoxy) is 2. The van der Waals surface area contributed by atoms with Crippen LogP contribution in [0.25, 0.3) is 0 Å². The molecule has 0 unspecified atom stereocenters. The third-order valence-corrected chi connectivity index (χ3v) is 2.92. The Morgan fingerprint density at radius 2 is 1.72 bits per heavy atom. The van der Waals surface area contributed by atoms with E-state index in [4.69, 9.17) is 9.47 Å². The lowest BCUT2D eigenvalue weighted by molar-refractivity contribution is 0.354. The third kappa shape index (κ3) is 3.04. The minimum Gasteiger partial charge on any atom is -0.493 e. The Bertz CT molecular complexity index is 492. The fourth-order valence-corrected chi connectivity index (χ4v) is 1.91. The molecule has 1 radical (unpaired) electrons. The van der Waals surface area contributed by atoms with Gasteiger partial charge in [-0.2, -0.15) is 0 Å². The number of hydrogen-bond donors (Lipinski definition) is 0. The van der Waals surface area contributed by atoms with Crippen molar-refractivity contribution in [3.63, 3.8) is 0 Å². The molecular weight excluding hydrogens is 224 g/mol. The van der Waals surface area contributed by atoms with Crippen LogP contribution < -0.4 is 9.47 Å². The van der Waals surface area contributed by atoms with Crippen molar-refractivity contribution in [2.75, 3.05) is 14.2 Å². The van der Waals surface area contributed by atoms with E-state index in [1.54, 1.807) is 14.2 Å². The van der Waals surface area contributed by atoms with E-state index in [1.807, 2.05) is 30.3 Å². The molecule has 0 fully saturated rings. The van der Waals surface area contributed by atoms with E-state index in [0.29, 0.717) is 0 Å². The van der Waals surface area contributed by atoms with Gasteiger partial charge in [0, 0.05) is 0 Å². The van der Waals surface area contributed by atoms with Crippen LogP contribution in [0.15, 0.2) is 42.5 Å². The van der Waals surface area contributed by atoms with E-state index in [9.17, 15) is 0 Å². The van der Waals surface area contributed by atoms with Crippen molar-refractivity contribution in [3.8, 4) is 11.5 Å². The highest BCUT2D eigenvalue weighted by Gasteiger charge is 2.04. The van der Waals surface area contributed by atoms with E-state index >= 15 is 0 Å². The SMILES string of the molecule is COc1ccc(CCc2c[c]ccc2)cc1OC. The summed E-state index contributed by atoms with van der Waals surface area (Å²) in [6.07, 6.45) is 1.99. The minimum absolute atomic E-state index is 0.772. The largest absolute Gasteiger partial charge is 0.493 e. The molecule has 2 aromatic rings. The topological polar surface area (TPSA) is 18.5 Å². The average molecular weight is 241 g/mol. The minimum atomic E-state index is 0.772. The number of benzene rings is 2. The Morgan fingerprint density at radius 1 is 0.944 bits per heavy atom. The number of rotatable bonds is 5. The fourth-order valence-electron chi connectivity index (χ4n) is 1.91. The summed E-state index contributed by atoms with van der Waals surface area (Å²) < 4.78 is 10.5. The molecular formula is C16H17O2. The Labute approximate surface area is 108 Å². The highest BCUT2D eigenvalue weighted by atomic mass is 16.5. The lowest BCUT2D eigenvalue weighted by Gasteiger charge is -2.09. The first-order valence-electron chi connectivity index (χ1n) is 5.99. The monoisotopic (exact) mass is 241 g/mol. The Hall–Kier alpha value is -1.96. The standard InChI is InChI=1S/C16H17O2/c1-17-15-11-10-14(12-16(15)18-2)9-8-13-6-4-3-5-7-13/h3-4,6-7,10-12H,8-9H2,1-2H3. The van der Waals surface area contributed by atoms with Gasteiger partial charge in [-0.3, -0.25) is 0 Å². The van der Waals surface area contributed by atoms with Gasteiger partial charge in [0.05, 0.1) is 14.2 Å². The average Bonchev–Trinajstić information content (AvgIpc) is 2.45. The lowest BCUT2D eigenvalue weighted by Crippen LogP contribution is -1.95. The van der Waals surface area contributed by atoms with Crippen LogP contribution in [0.4, 0.5) is 0 Å². The summed E-state index contributed by atoms with van der Waals surface area (Å²) in [5.74, 6) is 1.56. The summed E-state index contributed by atoms with van der Waals surface area (Å²) in [7, 11) is 3.31. The van der Waals surface area contributed by atoms with Crippen molar-refractivity contribution >= 4 is 0 Å². The van der Waals surface area contributed by atoms with E-state index in [0.717, 1.165) is 24.3 Å². The summed E-state index contributed by atoms with van der Waals surface area (Å²) in [5, 5.41) is 0. The zero-order valence-corrected chi connectivity index (χ0v) is 10.8. The molecule has 0 heterocycles. The van der Waals surface area contributed by atoms with E-state index < -0.39 is 0 Å². The molecule has 0 N–H and O–H groups in total. The number of aryl methyl sites for hydroxylation is 2. The maximum absolute atomic E-state index is 5.30. The second kappa shape index (κ2) is 6.10. The van der Waals surface area contributed by atoms with Crippen molar-refractivity contribution in [1.82, 2.24) is 0 Å². The van der Waals surface area contributed by atoms with Crippen LogP contribution in [0.5, 0.6) is 11.5 Å². The molecule has 2 rings (SSSR count). The molecule has 0 aliphatic carbocycles. The molecule has 0 spiro atoms. The fraction of sp³-hybridized carbons (Fsp3) is 0.250. The molecule has 2 nitrogen and oxygen atoms in total. The normalized spacial score (nSPS) is 10.1. The van der Waals surface area contributed by atoms with Gasteiger partial charge in [-0.05, 0) is 42.2 Å². The van der Waals surface area contributed by atoms with Crippen LogP contribution in [-0.2, 0) is 12.8 Å². The van der Waals surface area contributed by atoms with E-state index in [1.165, 1.54) is 11.1 Å². The Morgan fingerprint density at radius 3 is 2.39 bits per heavy atom. The lowest BCUT2D eigenvalue weighted by atomic mass is 10.0. The zero-order chi connectivity index (χ0) is 12.8. The maximum Gasteiger partial charge on any atom is 0.160 e. The van der Waals surface area contributed by atoms with Crippen molar-refractivity contribution in [3.05, 3.63) is 59.7 Å². The third-order valence-electron chi connectivity index (χ3n) is 2.92. The first-order valence-corrected chi connectivity index (χ1v) is 5.99. The summed E-state index contributed by atoms with van der Waals surface area (Å²) >= 11 is 0. The van der Waals surface area contributed by atoms with Crippen LogP contribution in [-0.4, -0.2) is 14.2 Å². The quantitative estimate of drug-likeness (QED) is 0.799. The first-order chi connectivity index (χ1) is 8.83. The van der Waals surface area contributed by atoms with Crippen LogP contribution in [0.1, 0.15) is 11.1 Å². The molecule has 0 saturated heterocycles. The van der Waals surface area contributed by atoms with Crippen molar-refractivity contribution in [2.24, 2.45) is 0 Å². The summed E-state index contributed by atoms with van der Waals surface area (Å²) in [6.45, 7) is 0. The number of hydrogen-bond acceptors (Lipinski definition) is 2. The highest BCUT2D eigenvalue weighted by Crippen LogP contribution is 2.27. The molecule has 2 heteroatoms. The predicted molar refractivity (Wildman–Crippen MR) is 72.2 cm³/mol. The van der Waals surface area contributed by atoms with Gasteiger partial charge in [0.15, 0.2) is 11.5 Å². The molecule has 0 aliphatic rings. The summed E-state index contributed by atoms with van der Waals surface area (Å²) in [4.78, 5) is 0. The predicted octanol–water partition coefficient (Wildman–Crippen LogP) is 3.29. The summed E-state index contributed by atoms with van der Waals surface area (Å²) in [6, 6.07) is 17.2. The second-order valence-corrected chi connectivity index (χ2v) is 4.10. The van der Waals surface area contributed by atoms with Crippen LogP contribution in [0, 0.1) is 6.07 Å². The summed E-state index contributed by atoms with van der Waals surface area (Å²) in [5.41, 5.74) is 2.55. The molecule has 0 amide bonds. The Kier molecular flexibility index (Phi) is 4.24. The molecule has 0 bridgehead atoms. The Balaban J connectivity index is 2.06. The maximum atomic E-state index is 5.30. The van der Waals surface area contributed by atoms with Gasteiger partial charge in [0.25, 0.3) is 0 Å². The molecule has 0 aromatic heterocycles. The van der Waals surface area contributed by atoms with Crippen molar-refractivity contribution in [2.45, 2.75) is 12.8 Å². The van der Waals surface area contributed by atoms with Crippen molar-refractivity contribution in [1.29, 1.82) is 0 Å². The zero-order valence-electron chi connectivity index (χ0n) is 10.8. The van der Waals surface area contributed by atoms with Crippen molar-refractivity contribution < 1.29 is 9.47 Å². The molecule has 0 aliphatic heterocycles. The molecule has 0 saturated carbocycles. The van der Waals surface area contributed by atoms with Gasteiger partial charge in [0.2, 0.25) is 0 Å². The van der Waals surface area contributed by atoms with Gasteiger partial charge in [-0.15, -0.1) is 0 Å². The molecule has 93 valence electrons. The van der Waals surface area contributed by atoms with Gasteiger partial charge in [-0.25, -0.2) is 0 Å².